The molecule has 0 heterocycles. The average molecular weight is 322 g/mol. The summed E-state index contributed by atoms with van der Waals surface area (Å²) in [6.45, 7) is 1.50. The lowest BCUT2D eigenvalue weighted by atomic mass is 9.96. The van der Waals surface area contributed by atoms with Crippen LogP contribution in [0.3, 0.4) is 0 Å². The van der Waals surface area contributed by atoms with Crippen LogP contribution in [-0.2, 0) is 0 Å². The van der Waals surface area contributed by atoms with Gasteiger partial charge in [-0.05, 0) is 24.6 Å². The van der Waals surface area contributed by atoms with Crippen molar-refractivity contribution >= 4 is 5.69 Å². The lowest BCUT2D eigenvalue weighted by Crippen LogP contribution is -2.16. The van der Waals surface area contributed by atoms with Gasteiger partial charge in [-0.3, -0.25) is 10.1 Å². The van der Waals surface area contributed by atoms with E-state index in [4.69, 9.17) is 0 Å². The van der Waals surface area contributed by atoms with Crippen molar-refractivity contribution in [3.8, 4) is 22.9 Å². The second-order valence-electron chi connectivity index (χ2n) is 4.59. The second-order valence-corrected chi connectivity index (χ2v) is 4.59. The molecular weight excluding hydrogens is 313 g/mol. The van der Waals surface area contributed by atoms with Gasteiger partial charge < -0.3 is 4.74 Å². The molecule has 2 aromatic rings. The fourth-order valence-corrected chi connectivity index (χ4v) is 2.12. The summed E-state index contributed by atoms with van der Waals surface area (Å²) in [5.74, 6) is -0.415. The zero-order valence-electron chi connectivity index (χ0n) is 11.7. The summed E-state index contributed by atoms with van der Waals surface area (Å²) >= 11 is 0. The number of hydrogen-bond acceptors (Lipinski definition) is 4. The summed E-state index contributed by atoms with van der Waals surface area (Å²) in [5.41, 5.74) is 0.509. The topological polar surface area (TPSA) is 76.2 Å². The Kier molecular flexibility index (Phi) is 4.22. The SMILES string of the molecule is Cc1ccc(-c2ccc(OC(F)(F)F)cc2)c(C#N)c1[N+](=O)[O-]. The molecule has 0 unspecified atom stereocenters. The van der Waals surface area contributed by atoms with Crippen LogP contribution >= 0.6 is 0 Å². The smallest absolute Gasteiger partial charge is 0.406 e. The van der Waals surface area contributed by atoms with E-state index in [-0.39, 0.29) is 16.8 Å². The lowest BCUT2D eigenvalue weighted by molar-refractivity contribution is -0.385. The molecule has 0 aliphatic carbocycles. The average Bonchev–Trinajstić information content (AvgIpc) is 2.45. The molecule has 0 aliphatic heterocycles. The van der Waals surface area contributed by atoms with Crippen LogP contribution in [0.4, 0.5) is 18.9 Å². The Balaban J connectivity index is 2.49. The molecule has 0 aliphatic rings. The third-order valence-corrected chi connectivity index (χ3v) is 3.07. The van der Waals surface area contributed by atoms with Gasteiger partial charge in [-0.25, -0.2) is 0 Å². The Bertz CT molecular complexity index is 793. The molecule has 0 spiro atoms. The molecule has 5 nitrogen and oxygen atoms in total. The van der Waals surface area contributed by atoms with Crippen molar-refractivity contribution in [2.75, 3.05) is 0 Å². The van der Waals surface area contributed by atoms with Crippen molar-refractivity contribution in [2.24, 2.45) is 0 Å². The molecule has 0 bridgehead atoms. The highest BCUT2D eigenvalue weighted by atomic mass is 19.4. The quantitative estimate of drug-likeness (QED) is 0.622. The molecule has 0 radical (unpaired) electrons. The van der Waals surface area contributed by atoms with E-state index in [1.54, 1.807) is 6.07 Å². The number of ether oxygens (including phenoxy) is 1. The van der Waals surface area contributed by atoms with Gasteiger partial charge in [0.25, 0.3) is 5.69 Å². The zero-order valence-corrected chi connectivity index (χ0v) is 11.7. The fourth-order valence-electron chi connectivity index (χ4n) is 2.12. The minimum Gasteiger partial charge on any atom is -0.406 e. The first-order chi connectivity index (χ1) is 10.7. The molecule has 0 saturated carbocycles. The van der Waals surface area contributed by atoms with Crippen molar-refractivity contribution in [3.05, 3.63) is 57.6 Å². The van der Waals surface area contributed by atoms with Gasteiger partial charge in [0.15, 0.2) is 0 Å². The number of alkyl halides is 3. The first kappa shape index (κ1) is 16.3. The predicted octanol–water partition coefficient (Wildman–Crippen LogP) is 4.34. The molecule has 0 aromatic heterocycles. The molecule has 8 heteroatoms. The lowest BCUT2D eigenvalue weighted by Gasteiger charge is -2.10. The highest BCUT2D eigenvalue weighted by Crippen LogP contribution is 2.34. The summed E-state index contributed by atoms with van der Waals surface area (Å²) in [6, 6.07) is 9.54. The Morgan fingerprint density at radius 1 is 1.17 bits per heavy atom. The van der Waals surface area contributed by atoms with Gasteiger partial charge in [-0.15, -0.1) is 13.2 Å². The number of nitro groups is 1. The minimum absolute atomic E-state index is 0.139. The monoisotopic (exact) mass is 322 g/mol. The van der Waals surface area contributed by atoms with Crippen molar-refractivity contribution < 1.29 is 22.8 Å². The van der Waals surface area contributed by atoms with Crippen molar-refractivity contribution in [1.82, 2.24) is 0 Å². The normalized spacial score (nSPS) is 10.9. The van der Waals surface area contributed by atoms with E-state index >= 15 is 0 Å². The van der Waals surface area contributed by atoms with Gasteiger partial charge in [0.1, 0.15) is 17.4 Å². The highest BCUT2D eigenvalue weighted by molar-refractivity contribution is 5.77. The number of rotatable bonds is 3. The summed E-state index contributed by atoms with van der Waals surface area (Å²) in [6.07, 6.45) is -4.80. The van der Waals surface area contributed by atoms with Crippen molar-refractivity contribution in [2.45, 2.75) is 13.3 Å². The maximum Gasteiger partial charge on any atom is 0.573 e. The van der Waals surface area contributed by atoms with E-state index in [1.807, 2.05) is 0 Å². The van der Waals surface area contributed by atoms with E-state index in [0.29, 0.717) is 11.1 Å². The number of halogens is 3. The largest absolute Gasteiger partial charge is 0.573 e. The van der Waals surface area contributed by atoms with Crippen LogP contribution in [0.5, 0.6) is 5.75 Å². The molecule has 0 atom stereocenters. The van der Waals surface area contributed by atoms with Gasteiger partial charge in [0.2, 0.25) is 0 Å². The van der Waals surface area contributed by atoms with Crippen LogP contribution in [0.25, 0.3) is 11.1 Å². The zero-order chi connectivity index (χ0) is 17.2. The molecule has 0 fully saturated rings. The van der Waals surface area contributed by atoms with Crippen LogP contribution in [0.15, 0.2) is 36.4 Å². The van der Waals surface area contributed by atoms with Crippen LogP contribution in [0.2, 0.25) is 0 Å². The molecule has 0 N–H and O–H groups in total. The number of nitrogens with zero attached hydrogens (tertiary/aromatic N) is 2. The molecular formula is C15H9F3N2O3. The Labute approximate surface area is 128 Å². The standard InChI is InChI=1S/C15H9F3N2O3/c1-9-2-7-12(13(8-19)14(9)20(21)22)10-3-5-11(6-4-10)23-15(16,17)18/h2-7H,1H3. The van der Waals surface area contributed by atoms with Crippen LogP contribution < -0.4 is 4.74 Å². The third kappa shape index (κ3) is 3.58. The summed E-state index contributed by atoms with van der Waals surface area (Å²) < 4.78 is 40.1. The molecule has 118 valence electrons. The van der Waals surface area contributed by atoms with Crippen molar-refractivity contribution in [3.63, 3.8) is 0 Å². The summed E-state index contributed by atoms with van der Waals surface area (Å²) in [4.78, 5) is 10.5. The van der Waals surface area contributed by atoms with Crippen molar-refractivity contribution in [1.29, 1.82) is 5.26 Å². The Morgan fingerprint density at radius 2 is 1.78 bits per heavy atom. The molecule has 2 rings (SSSR count). The molecule has 0 amide bonds. The van der Waals surface area contributed by atoms with E-state index in [9.17, 15) is 28.5 Å². The van der Waals surface area contributed by atoms with Crippen LogP contribution in [-0.4, -0.2) is 11.3 Å². The maximum absolute atomic E-state index is 12.1. The van der Waals surface area contributed by atoms with Gasteiger partial charge in [-0.1, -0.05) is 24.3 Å². The van der Waals surface area contributed by atoms with Gasteiger partial charge >= 0.3 is 6.36 Å². The maximum atomic E-state index is 12.1. The first-order valence-electron chi connectivity index (χ1n) is 6.27. The van der Waals surface area contributed by atoms with E-state index in [0.717, 1.165) is 12.1 Å². The molecule has 0 saturated heterocycles. The molecule has 2 aromatic carbocycles. The van der Waals surface area contributed by atoms with Crippen LogP contribution in [0.1, 0.15) is 11.1 Å². The summed E-state index contributed by atoms with van der Waals surface area (Å²) in [7, 11) is 0. The van der Waals surface area contributed by atoms with E-state index < -0.39 is 17.0 Å². The van der Waals surface area contributed by atoms with E-state index in [2.05, 4.69) is 4.74 Å². The van der Waals surface area contributed by atoms with Crippen LogP contribution in [0, 0.1) is 28.4 Å². The highest BCUT2D eigenvalue weighted by Gasteiger charge is 2.31. The van der Waals surface area contributed by atoms with E-state index in [1.165, 1.54) is 31.2 Å². The first-order valence-corrected chi connectivity index (χ1v) is 6.27. The third-order valence-electron chi connectivity index (χ3n) is 3.07. The number of hydrogen-bond donors (Lipinski definition) is 0. The molecule has 23 heavy (non-hydrogen) atoms. The number of nitriles is 1. The van der Waals surface area contributed by atoms with Gasteiger partial charge in [0, 0.05) is 11.1 Å². The fraction of sp³-hybridized carbons (Fsp3) is 0.133. The van der Waals surface area contributed by atoms with Gasteiger partial charge in [-0.2, -0.15) is 5.26 Å². The Hall–Kier alpha value is -3.08. The van der Waals surface area contributed by atoms with Gasteiger partial charge in [0.05, 0.1) is 4.92 Å². The second kappa shape index (κ2) is 5.96. The Morgan fingerprint density at radius 3 is 2.26 bits per heavy atom. The number of nitro benzene ring substituents is 1. The number of aryl methyl sites for hydroxylation is 1. The minimum atomic E-state index is -4.80. The summed E-state index contributed by atoms with van der Waals surface area (Å²) in [5, 5.41) is 20.3. The predicted molar refractivity (Wildman–Crippen MR) is 74.7 cm³/mol. The number of benzene rings is 2.